The van der Waals surface area contributed by atoms with Gasteiger partial charge in [-0.2, -0.15) is 0 Å². The number of fused-ring (bicyclic) bond motifs is 2. The lowest BCUT2D eigenvalue weighted by molar-refractivity contribution is 0.0526. The van der Waals surface area contributed by atoms with E-state index in [0.717, 1.165) is 36.3 Å². The Hall–Kier alpha value is -2.65. The number of nitrogens with zero attached hydrogens (tertiary/aromatic N) is 1. The van der Waals surface area contributed by atoms with Crippen molar-refractivity contribution in [1.82, 2.24) is 9.29 Å². The first-order valence-corrected chi connectivity index (χ1v) is 11.2. The average Bonchev–Trinajstić information content (AvgIpc) is 3.04. The van der Waals surface area contributed by atoms with Gasteiger partial charge in [0.1, 0.15) is 10.6 Å². The number of carbonyl (C=O) groups is 2. The largest absolute Gasteiger partial charge is 0.378 e. The summed E-state index contributed by atoms with van der Waals surface area (Å²) in [6, 6.07) is 7.13. The zero-order valence-electron chi connectivity index (χ0n) is 15.9. The summed E-state index contributed by atoms with van der Waals surface area (Å²) in [4.78, 5) is 24.8. The number of anilines is 1. The van der Waals surface area contributed by atoms with Crippen LogP contribution in [0.2, 0.25) is 0 Å². The number of carbonyl (C=O) groups excluding carboxylic acids is 2. The molecule has 1 unspecified atom stereocenters. The van der Waals surface area contributed by atoms with Crippen LogP contribution in [0.25, 0.3) is 0 Å². The molecule has 0 bridgehead atoms. The average molecular weight is 417 g/mol. The SMILES string of the molecule is O=C(NCCC1CCCCCO1)c1ccc2c(c1)NC(=O)c1cccn1S2(=O)=O. The summed E-state index contributed by atoms with van der Waals surface area (Å²) in [6.45, 7) is 1.23. The molecule has 0 radical (unpaired) electrons. The third kappa shape index (κ3) is 3.92. The first kappa shape index (κ1) is 19.7. The number of benzene rings is 1. The van der Waals surface area contributed by atoms with Crippen molar-refractivity contribution in [2.24, 2.45) is 0 Å². The van der Waals surface area contributed by atoms with Crippen molar-refractivity contribution in [3.05, 3.63) is 47.8 Å². The van der Waals surface area contributed by atoms with Crippen LogP contribution in [-0.2, 0) is 14.8 Å². The van der Waals surface area contributed by atoms with Crippen LogP contribution in [0.3, 0.4) is 0 Å². The lowest BCUT2D eigenvalue weighted by Crippen LogP contribution is -2.28. The van der Waals surface area contributed by atoms with Crippen LogP contribution in [0.15, 0.2) is 41.4 Å². The highest BCUT2D eigenvalue weighted by molar-refractivity contribution is 7.90. The summed E-state index contributed by atoms with van der Waals surface area (Å²) >= 11 is 0. The summed E-state index contributed by atoms with van der Waals surface area (Å²) in [5.74, 6) is -0.864. The second kappa shape index (κ2) is 8.00. The number of amides is 2. The third-order valence-electron chi connectivity index (χ3n) is 5.25. The van der Waals surface area contributed by atoms with Crippen LogP contribution in [0.1, 0.15) is 53.0 Å². The molecule has 1 saturated heterocycles. The highest BCUT2D eigenvalue weighted by Crippen LogP contribution is 2.29. The smallest absolute Gasteiger partial charge is 0.273 e. The number of hydrogen-bond donors (Lipinski definition) is 2. The molecule has 2 aliphatic heterocycles. The minimum Gasteiger partial charge on any atom is -0.378 e. The first-order valence-electron chi connectivity index (χ1n) is 9.75. The summed E-state index contributed by atoms with van der Waals surface area (Å²) in [7, 11) is -3.92. The Morgan fingerprint density at radius 1 is 1.24 bits per heavy atom. The molecule has 154 valence electrons. The van der Waals surface area contributed by atoms with E-state index in [1.54, 1.807) is 0 Å². The van der Waals surface area contributed by atoms with E-state index < -0.39 is 15.9 Å². The van der Waals surface area contributed by atoms with Gasteiger partial charge >= 0.3 is 0 Å². The molecule has 1 atom stereocenters. The highest BCUT2D eigenvalue weighted by Gasteiger charge is 2.30. The number of hydrogen-bond acceptors (Lipinski definition) is 5. The molecule has 2 aromatic rings. The van der Waals surface area contributed by atoms with Gasteiger partial charge in [-0.05, 0) is 49.6 Å². The van der Waals surface area contributed by atoms with Crippen molar-refractivity contribution in [2.75, 3.05) is 18.5 Å². The van der Waals surface area contributed by atoms with E-state index in [0.29, 0.717) is 6.54 Å². The number of ether oxygens (including phenoxy) is 1. The molecule has 2 N–H and O–H groups in total. The van der Waals surface area contributed by atoms with Gasteiger partial charge in [-0.1, -0.05) is 12.8 Å². The Morgan fingerprint density at radius 2 is 2.10 bits per heavy atom. The Labute approximate surface area is 169 Å². The van der Waals surface area contributed by atoms with Crippen LogP contribution in [0.5, 0.6) is 0 Å². The summed E-state index contributed by atoms with van der Waals surface area (Å²) in [5, 5.41) is 5.44. The predicted molar refractivity (Wildman–Crippen MR) is 107 cm³/mol. The first-order chi connectivity index (χ1) is 14.0. The van der Waals surface area contributed by atoms with E-state index in [1.807, 2.05) is 0 Å². The molecule has 1 aromatic carbocycles. The van der Waals surface area contributed by atoms with E-state index in [1.165, 1.54) is 42.9 Å². The molecule has 0 aliphatic carbocycles. The maximum absolute atomic E-state index is 12.8. The van der Waals surface area contributed by atoms with E-state index in [4.69, 9.17) is 4.74 Å². The minimum absolute atomic E-state index is 0.0237. The van der Waals surface area contributed by atoms with Gasteiger partial charge in [-0.15, -0.1) is 0 Å². The highest BCUT2D eigenvalue weighted by atomic mass is 32.2. The molecular formula is C20H23N3O5S. The fraction of sp³-hybridized carbons (Fsp3) is 0.400. The lowest BCUT2D eigenvalue weighted by atomic mass is 10.1. The number of nitrogens with one attached hydrogen (secondary N) is 2. The van der Waals surface area contributed by atoms with Gasteiger partial charge in [-0.25, -0.2) is 12.4 Å². The van der Waals surface area contributed by atoms with Crippen LogP contribution >= 0.6 is 0 Å². The summed E-state index contributed by atoms with van der Waals surface area (Å²) in [6.07, 6.45) is 6.61. The number of rotatable bonds is 4. The zero-order valence-corrected chi connectivity index (χ0v) is 16.7. The van der Waals surface area contributed by atoms with Crippen molar-refractivity contribution < 1.29 is 22.7 Å². The maximum atomic E-state index is 12.8. The van der Waals surface area contributed by atoms with Gasteiger partial charge in [0.15, 0.2) is 0 Å². The molecule has 8 nitrogen and oxygen atoms in total. The third-order valence-corrected chi connectivity index (χ3v) is 7.00. The fourth-order valence-corrected chi connectivity index (χ4v) is 5.17. The molecule has 0 saturated carbocycles. The van der Waals surface area contributed by atoms with Gasteiger partial charge in [0.25, 0.3) is 21.8 Å². The van der Waals surface area contributed by atoms with Crippen molar-refractivity contribution in [2.45, 2.75) is 43.1 Å². The zero-order chi connectivity index (χ0) is 20.4. The van der Waals surface area contributed by atoms with Gasteiger partial charge in [-0.3, -0.25) is 9.59 Å². The molecule has 4 rings (SSSR count). The van der Waals surface area contributed by atoms with Crippen molar-refractivity contribution in [1.29, 1.82) is 0 Å². The van der Waals surface area contributed by atoms with Crippen LogP contribution in [-0.4, -0.2) is 43.5 Å². The molecular weight excluding hydrogens is 394 g/mol. The molecule has 2 aliphatic rings. The number of aromatic nitrogens is 1. The van der Waals surface area contributed by atoms with Crippen molar-refractivity contribution >= 4 is 27.5 Å². The normalized spacial score (nSPS) is 20.6. The maximum Gasteiger partial charge on any atom is 0.273 e. The quantitative estimate of drug-likeness (QED) is 0.794. The second-order valence-corrected chi connectivity index (χ2v) is 9.03. The van der Waals surface area contributed by atoms with E-state index in [9.17, 15) is 18.0 Å². The Kier molecular flexibility index (Phi) is 5.42. The predicted octanol–water partition coefficient (Wildman–Crippen LogP) is 2.37. The van der Waals surface area contributed by atoms with Gasteiger partial charge in [0.05, 0.1) is 11.8 Å². The monoisotopic (exact) mass is 417 g/mol. The minimum atomic E-state index is -3.92. The summed E-state index contributed by atoms with van der Waals surface area (Å²) in [5.41, 5.74) is 0.404. The summed E-state index contributed by atoms with van der Waals surface area (Å²) < 4.78 is 32.4. The van der Waals surface area contributed by atoms with Gasteiger partial charge in [0.2, 0.25) is 0 Å². The van der Waals surface area contributed by atoms with Crippen LogP contribution < -0.4 is 10.6 Å². The van der Waals surface area contributed by atoms with Crippen LogP contribution in [0, 0.1) is 0 Å². The lowest BCUT2D eigenvalue weighted by Gasteiger charge is -2.15. The Balaban J connectivity index is 1.48. The Morgan fingerprint density at radius 3 is 2.97 bits per heavy atom. The molecule has 0 spiro atoms. The molecule has 29 heavy (non-hydrogen) atoms. The van der Waals surface area contributed by atoms with Crippen molar-refractivity contribution in [3.63, 3.8) is 0 Å². The molecule has 9 heteroatoms. The van der Waals surface area contributed by atoms with Gasteiger partial charge in [0, 0.05) is 24.9 Å². The van der Waals surface area contributed by atoms with Crippen LogP contribution in [0.4, 0.5) is 5.69 Å². The van der Waals surface area contributed by atoms with Gasteiger partial charge < -0.3 is 15.4 Å². The van der Waals surface area contributed by atoms with E-state index in [-0.39, 0.29) is 33.9 Å². The Bertz CT molecular complexity index is 1040. The van der Waals surface area contributed by atoms with E-state index in [2.05, 4.69) is 10.6 Å². The molecule has 1 fully saturated rings. The standard InChI is InChI=1S/C20H23N3O5S/c24-19(21-10-9-15-5-2-1-3-12-28-15)14-7-8-18-16(13-14)22-20(25)17-6-4-11-23(17)29(18,26)27/h4,6-8,11,13,15H,1-3,5,9-10,12H2,(H,21,24)(H,22,25). The molecule has 1 aromatic heterocycles. The second-order valence-electron chi connectivity index (χ2n) is 7.25. The van der Waals surface area contributed by atoms with E-state index >= 15 is 0 Å². The van der Waals surface area contributed by atoms with Crippen molar-refractivity contribution in [3.8, 4) is 0 Å². The topological polar surface area (TPSA) is 106 Å². The fourth-order valence-electron chi connectivity index (χ4n) is 3.70. The molecule has 3 heterocycles. The molecule has 2 amide bonds.